The Morgan fingerprint density at radius 3 is 2.90 bits per heavy atom. The Bertz CT molecular complexity index is 91.6. The van der Waals surface area contributed by atoms with Crippen LogP contribution in [0.4, 0.5) is 0 Å². The molecule has 1 nitrogen and oxygen atoms in total. The van der Waals surface area contributed by atoms with Crippen LogP contribution in [0, 0.1) is 0 Å². The maximum atomic E-state index is 5.50. The Balaban J connectivity index is 2.18. The van der Waals surface area contributed by atoms with Gasteiger partial charge in [-0.25, -0.2) is 0 Å². The third kappa shape index (κ3) is 2.51. The van der Waals surface area contributed by atoms with E-state index in [0.717, 1.165) is 18.4 Å². The van der Waals surface area contributed by atoms with E-state index >= 15 is 0 Å². The van der Waals surface area contributed by atoms with Crippen LogP contribution in [-0.4, -0.2) is 22.9 Å². The highest BCUT2D eigenvalue weighted by molar-refractivity contribution is 9.10. The molecule has 60 valence electrons. The Labute approximate surface area is 78.8 Å². The highest BCUT2D eigenvalue weighted by Gasteiger charge is 2.22. The standard InChI is InChI=1S/C7H12Br2O/c8-4-3-6(9)7-2-1-5-10-7/h6-7H,1-5H2/t6-,7+/m1/s1. The Hall–Kier alpha value is 0.920. The molecule has 1 heterocycles. The van der Waals surface area contributed by atoms with E-state index in [4.69, 9.17) is 4.74 Å². The summed E-state index contributed by atoms with van der Waals surface area (Å²) in [5, 5.41) is 1.06. The smallest absolute Gasteiger partial charge is 0.0701 e. The molecular weight excluding hydrogens is 260 g/mol. The molecule has 2 atom stereocenters. The molecule has 1 aliphatic rings. The second kappa shape index (κ2) is 4.73. The van der Waals surface area contributed by atoms with Gasteiger partial charge >= 0.3 is 0 Å². The molecule has 0 saturated carbocycles. The molecular formula is C7H12Br2O. The van der Waals surface area contributed by atoms with Gasteiger partial charge in [-0.3, -0.25) is 0 Å². The van der Waals surface area contributed by atoms with Gasteiger partial charge in [0.05, 0.1) is 6.10 Å². The van der Waals surface area contributed by atoms with Crippen molar-refractivity contribution in [2.24, 2.45) is 0 Å². The quantitative estimate of drug-likeness (QED) is 0.718. The summed E-state index contributed by atoms with van der Waals surface area (Å²) in [5.74, 6) is 0. The predicted molar refractivity (Wildman–Crippen MR) is 50.1 cm³/mol. The fraction of sp³-hybridized carbons (Fsp3) is 1.00. The molecule has 0 unspecified atom stereocenters. The summed E-state index contributed by atoms with van der Waals surface area (Å²) in [6.07, 6.45) is 4.08. The van der Waals surface area contributed by atoms with E-state index in [1.54, 1.807) is 0 Å². The second-order valence-electron chi connectivity index (χ2n) is 2.55. The number of ether oxygens (including phenoxy) is 1. The van der Waals surface area contributed by atoms with Crippen molar-refractivity contribution in [1.29, 1.82) is 0 Å². The van der Waals surface area contributed by atoms with Gasteiger partial charge in [-0.15, -0.1) is 0 Å². The first-order valence-corrected chi connectivity index (χ1v) is 5.70. The van der Waals surface area contributed by atoms with E-state index in [1.165, 1.54) is 12.8 Å². The van der Waals surface area contributed by atoms with Crippen molar-refractivity contribution in [3.05, 3.63) is 0 Å². The fourth-order valence-electron chi connectivity index (χ4n) is 1.18. The van der Waals surface area contributed by atoms with Gasteiger partial charge < -0.3 is 4.74 Å². The Kier molecular flexibility index (Phi) is 4.26. The normalized spacial score (nSPS) is 28.8. The number of hydrogen-bond acceptors (Lipinski definition) is 1. The van der Waals surface area contributed by atoms with Gasteiger partial charge in [0.25, 0.3) is 0 Å². The molecule has 1 saturated heterocycles. The number of halogens is 2. The van der Waals surface area contributed by atoms with Crippen LogP contribution in [0.2, 0.25) is 0 Å². The summed E-state index contributed by atoms with van der Waals surface area (Å²) in [6.45, 7) is 0.953. The third-order valence-corrected chi connectivity index (χ3v) is 3.26. The van der Waals surface area contributed by atoms with Crippen molar-refractivity contribution in [3.63, 3.8) is 0 Å². The molecule has 0 aromatic rings. The summed E-state index contributed by atoms with van der Waals surface area (Å²) in [5.41, 5.74) is 0. The zero-order chi connectivity index (χ0) is 7.40. The van der Waals surface area contributed by atoms with E-state index in [1.807, 2.05) is 0 Å². The second-order valence-corrected chi connectivity index (χ2v) is 4.51. The first-order chi connectivity index (χ1) is 4.84. The summed E-state index contributed by atoms with van der Waals surface area (Å²) >= 11 is 7.02. The largest absolute Gasteiger partial charge is 0.377 e. The van der Waals surface area contributed by atoms with Crippen molar-refractivity contribution in [2.75, 3.05) is 11.9 Å². The molecule has 1 fully saturated rings. The van der Waals surface area contributed by atoms with Gasteiger partial charge in [-0.1, -0.05) is 31.9 Å². The fourth-order valence-corrected chi connectivity index (χ4v) is 2.93. The molecule has 1 rings (SSSR count). The average molecular weight is 272 g/mol. The van der Waals surface area contributed by atoms with Crippen molar-refractivity contribution < 1.29 is 4.74 Å². The van der Waals surface area contributed by atoms with Crippen molar-refractivity contribution in [2.45, 2.75) is 30.2 Å². The lowest BCUT2D eigenvalue weighted by Gasteiger charge is -2.14. The monoisotopic (exact) mass is 270 g/mol. The summed E-state index contributed by atoms with van der Waals surface area (Å²) < 4.78 is 5.50. The average Bonchev–Trinajstić information content (AvgIpc) is 2.38. The minimum atomic E-state index is 0.470. The van der Waals surface area contributed by atoms with E-state index < -0.39 is 0 Å². The zero-order valence-electron chi connectivity index (χ0n) is 5.85. The predicted octanol–water partition coefficient (Wildman–Crippen LogP) is 2.71. The summed E-state index contributed by atoms with van der Waals surface area (Å²) in [6, 6.07) is 0. The van der Waals surface area contributed by atoms with Crippen LogP contribution in [0.25, 0.3) is 0 Å². The lowest BCUT2D eigenvalue weighted by molar-refractivity contribution is 0.110. The van der Waals surface area contributed by atoms with Gasteiger partial charge in [0.2, 0.25) is 0 Å². The van der Waals surface area contributed by atoms with E-state index in [-0.39, 0.29) is 0 Å². The number of hydrogen-bond donors (Lipinski definition) is 0. The highest BCUT2D eigenvalue weighted by Crippen LogP contribution is 2.23. The van der Waals surface area contributed by atoms with Crippen LogP contribution in [0.3, 0.4) is 0 Å². The minimum Gasteiger partial charge on any atom is -0.377 e. The van der Waals surface area contributed by atoms with E-state index in [0.29, 0.717) is 10.9 Å². The van der Waals surface area contributed by atoms with Crippen LogP contribution in [0.1, 0.15) is 19.3 Å². The molecule has 0 aromatic carbocycles. The van der Waals surface area contributed by atoms with Gasteiger partial charge in [-0.2, -0.15) is 0 Å². The van der Waals surface area contributed by atoms with Crippen LogP contribution in [0.5, 0.6) is 0 Å². The molecule has 0 bridgehead atoms. The van der Waals surface area contributed by atoms with Crippen LogP contribution >= 0.6 is 31.9 Å². The molecule has 3 heteroatoms. The molecule has 1 aliphatic heterocycles. The van der Waals surface area contributed by atoms with Gasteiger partial charge in [0.1, 0.15) is 0 Å². The van der Waals surface area contributed by atoms with Crippen molar-refractivity contribution in [1.82, 2.24) is 0 Å². The Morgan fingerprint density at radius 2 is 2.40 bits per heavy atom. The maximum absolute atomic E-state index is 5.50. The number of alkyl halides is 2. The van der Waals surface area contributed by atoms with E-state index in [9.17, 15) is 0 Å². The molecule has 0 radical (unpaired) electrons. The van der Waals surface area contributed by atoms with Crippen LogP contribution in [-0.2, 0) is 4.74 Å². The molecule has 0 N–H and O–H groups in total. The Morgan fingerprint density at radius 1 is 1.60 bits per heavy atom. The summed E-state index contributed by atoms with van der Waals surface area (Å²) in [7, 11) is 0. The molecule has 0 aliphatic carbocycles. The minimum absolute atomic E-state index is 0.470. The number of rotatable bonds is 3. The van der Waals surface area contributed by atoms with Gasteiger partial charge in [0, 0.05) is 16.8 Å². The highest BCUT2D eigenvalue weighted by atomic mass is 79.9. The molecule has 0 spiro atoms. The van der Waals surface area contributed by atoms with Crippen LogP contribution < -0.4 is 0 Å². The molecule has 0 aromatic heterocycles. The maximum Gasteiger partial charge on any atom is 0.0701 e. The SMILES string of the molecule is BrCC[C@@H](Br)[C@@H]1CCCO1. The topological polar surface area (TPSA) is 9.23 Å². The third-order valence-electron chi connectivity index (χ3n) is 1.75. The summed E-state index contributed by atoms with van der Waals surface area (Å²) in [4.78, 5) is 0.550. The first kappa shape index (κ1) is 9.01. The van der Waals surface area contributed by atoms with Crippen molar-refractivity contribution in [3.8, 4) is 0 Å². The van der Waals surface area contributed by atoms with Crippen LogP contribution in [0.15, 0.2) is 0 Å². The van der Waals surface area contributed by atoms with Crippen molar-refractivity contribution >= 4 is 31.9 Å². The lowest BCUT2D eigenvalue weighted by atomic mass is 10.1. The van der Waals surface area contributed by atoms with E-state index in [2.05, 4.69) is 31.9 Å². The van der Waals surface area contributed by atoms with Gasteiger partial charge in [-0.05, 0) is 19.3 Å². The van der Waals surface area contributed by atoms with Gasteiger partial charge in [0.15, 0.2) is 0 Å². The zero-order valence-corrected chi connectivity index (χ0v) is 9.03. The first-order valence-electron chi connectivity index (χ1n) is 3.66. The lowest BCUT2D eigenvalue weighted by Crippen LogP contribution is -2.19. The molecule has 10 heavy (non-hydrogen) atoms. The molecule has 0 amide bonds.